The zero-order chi connectivity index (χ0) is 24.5. The molecule has 9 heteroatoms. The SMILES string of the molecule is CNCc1nc(N2C3CCC2CC3)cc(C)c1CN(C=O)c1cccc(-c2nncn2C(C)C)n1. The van der Waals surface area contributed by atoms with Gasteiger partial charge in [0.15, 0.2) is 5.82 Å². The molecule has 3 aromatic heterocycles. The number of aryl methyl sites for hydroxylation is 1. The predicted octanol–water partition coefficient (Wildman–Crippen LogP) is 3.64. The van der Waals surface area contributed by atoms with Crippen LogP contribution in [0, 0.1) is 6.92 Å². The van der Waals surface area contributed by atoms with Gasteiger partial charge < -0.3 is 14.8 Å². The Kier molecular flexibility index (Phi) is 6.51. The maximum Gasteiger partial charge on any atom is 0.215 e. The number of nitrogens with zero attached hydrogens (tertiary/aromatic N) is 7. The molecule has 0 saturated carbocycles. The Labute approximate surface area is 206 Å². The van der Waals surface area contributed by atoms with Crippen molar-refractivity contribution >= 4 is 18.0 Å². The normalized spacial score (nSPS) is 19.1. The highest BCUT2D eigenvalue weighted by molar-refractivity contribution is 5.74. The molecule has 0 radical (unpaired) electrons. The molecule has 2 bridgehead atoms. The summed E-state index contributed by atoms with van der Waals surface area (Å²) in [5.41, 5.74) is 3.87. The minimum atomic E-state index is 0.204. The number of fused-ring (bicyclic) bond motifs is 2. The summed E-state index contributed by atoms with van der Waals surface area (Å²) < 4.78 is 1.97. The second-order valence-electron chi connectivity index (χ2n) is 9.89. The lowest BCUT2D eigenvalue weighted by Crippen LogP contribution is -2.30. The largest absolute Gasteiger partial charge is 0.351 e. The third-order valence-electron chi connectivity index (χ3n) is 7.32. The van der Waals surface area contributed by atoms with E-state index in [2.05, 4.69) is 47.3 Å². The molecular weight excluding hydrogens is 440 g/mol. The molecule has 35 heavy (non-hydrogen) atoms. The molecule has 2 saturated heterocycles. The number of carbonyl (C=O) groups is 1. The Balaban J connectivity index is 1.46. The average Bonchev–Trinajstić information content (AvgIpc) is 3.60. The van der Waals surface area contributed by atoms with E-state index in [4.69, 9.17) is 9.97 Å². The fourth-order valence-electron chi connectivity index (χ4n) is 5.55. The third kappa shape index (κ3) is 4.40. The van der Waals surface area contributed by atoms with Gasteiger partial charge in [0.1, 0.15) is 23.7 Å². The monoisotopic (exact) mass is 474 g/mol. The Hall–Kier alpha value is -3.33. The van der Waals surface area contributed by atoms with Gasteiger partial charge in [0.2, 0.25) is 6.41 Å². The first-order chi connectivity index (χ1) is 17.0. The molecule has 5 heterocycles. The van der Waals surface area contributed by atoms with E-state index in [1.54, 1.807) is 11.2 Å². The van der Waals surface area contributed by atoms with Gasteiger partial charge in [0.05, 0.1) is 12.2 Å². The standard InChI is InChI=1S/C26H34N8O/c1-17(2)33-15-28-31-26(33)22-6-5-7-24(29-22)32(16-35)14-21-18(3)12-25(30-23(21)13-27-4)34-19-8-9-20(34)11-10-19/h5-7,12,15-17,19-20,27H,8-11,13-14H2,1-4H3. The van der Waals surface area contributed by atoms with E-state index in [1.165, 1.54) is 25.7 Å². The van der Waals surface area contributed by atoms with Gasteiger partial charge >= 0.3 is 0 Å². The van der Waals surface area contributed by atoms with Crippen LogP contribution < -0.4 is 15.1 Å². The van der Waals surface area contributed by atoms with Crippen molar-refractivity contribution in [3.05, 3.63) is 47.4 Å². The number of carbonyl (C=O) groups excluding carboxylic acids is 1. The molecule has 1 amide bonds. The van der Waals surface area contributed by atoms with Crippen molar-refractivity contribution in [2.24, 2.45) is 0 Å². The van der Waals surface area contributed by atoms with Gasteiger partial charge in [-0.25, -0.2) is 9.97 Å². The first-order valence-electron chi connectivity index (χ1n) is 12.5. The summed E-state index contributed by atoms with van der Waals surface area (Å²) in [6, 6.07) is 9.29. The molecule has 2 fully saturated rings. The minimum Gasteiger partial charge on any atom is -0.351 e. The summed E-state index contributed by atoms with van der Waals surface area (Å²) in [7, 11) is 1.93. The summed E-state index contributed by atoms with van der Waals surface area (Å²) in [6.45, 7) is 7.32. The van der Waals surface area contributed by atoms with E-state index in [0.29, 0.717) is 42.5 Å². The fraction of sp³-hybridized carbons (Fsp3) is 0.500. The van der Waals surface area contributed by atoms with Gasteiger partial charge in [-0.05, 0) is 82.8 Å². The van der Waals surface area contributed by atoms with E-state index in [9.17, 15) is 4.79 Å². The van der Waals surface area contributed by atoms with E-state index in [0.717, 1.165) is 29.0 Å². The quantitative estimate of drug-likeness (QED) is 0.473. The van der Waals surface area contributed by atoms with Crippen LogP contribution in [-0.2, 0) is 17.9 Å². The molecular formula is C26H34N8O. The maximum atomic E-state index is 12.2. The van der Waals surface area contributed by atoms with Crippen LogP contribution in [-0.4, -0.2) is 50.3 Å². The van der Waals surface area contributed by atoms with Gasteiger partial charge in [0, 0.05) is 24.7 Å². The van der Waals surface area contributed by atoms with Crippen LogP contribution in [0.15, 0.2) is 30.6 Å². The Bertz CT molecular complexity index is 1190. The highest BCUT2D eigenvalue weighted by atomic mass is 16.1. The van der Waals surface area contributed by atoms with Gasteiger partial charge in [-0.3, -0.25) is 9.69 Å². The molecule has 1 N–H and O–H groups in total. The van der Waals surface area contributed by atoms with Crippen molar-refractivity contribution in [1.29, 1.82) is 0 Å². The van der Waals surface area contributed by atoms with Gasteiger partial charge in [-0.1, -0.05) is 6.07 Å². The highest BCUT2D eigenvalue weighted by Crippen LogP contribution is 2.41. The minimum absolute atomic E-state index is 0.204. The van der Waals surface area contributed by atoms with Crippen molar-refractivity contribution in [1.82, 2.24) is 30.0 Å². The van der Waals surface area contributed by atoms with Crippen molar-refractivity contribution in [3.8, 4) is 11.5 Å². The second kappa shape index (κ2) is 9.73. The average molecular weight is 475 g/mol. The topological polar surface area (TPSA) is 92.1 Å². The maximum absolute atomic E-state index is 12.2. The van der Waals surface area contributed by atoms with Crippen LogP contribution in [0.5, 0.6) is 0 Å². The molecule has 5 rings (SSSR count). The molecule has 2 aliphatic heterocycles. The van der Waals surface area contributed by atoms with Gasteiger partial charge in [0.25, 0.3) is 0 Å². The molecule has 0 unspecified atom stereocenters. The van der Waals surface area contributed by atoms with Crippen LogP contribution >= 0.6 is 0 Å². The van der Waals surface area contributed by atoms with E-state index in [1.807, 2.05) is 29.8 Å². The van der Waals surface area contributed by atoms with Gasteiger partial charge in [-0.2, -0.15) is 0 Å². The zero-order valence-corrected chi connectivity index (χ0v) is 21.0. The van der Waals surface area contributed by atoms with Crippen LogP contribution in [0.2, 0.25) is 0 Å². The molecule has 184 valence electrons. The second-order valence-corrected chi connectivity index (χ2v) is 9.89. The summed E-state index contributed by atoms with van der Waals surface area (Å²) in [6.07, 6.45) is 7.61. The van der Waals surface area contributed by atoms with Crippen molar-refractivity contribution in [2.45, 2.75) is 77.7 Å². The first kappa shape index (κ1) is 23.4. The summed E-state index contributed by atoms with van der Waals surface area (Å²) in [4.78, 5) is 26.3. The molecule has 3 aromatic rings. The van der Waals surface area contributed by atoms with E-state index >= 15 is 0 Å². The lowest BCUT2D eigenvalue weighted by atomic mass is 10.0. The van der Waals surface area contributed by atoms with Crippen LogP contribution in [0.4, 0.5) is 11.6 Å². The fourth-order valence-corrected chi connectivity index (χ4v) is 5.55. The van der Waals surface area contributed by atoms with E-state index in [-0.39, 0.29) is 6.04 Å². The summed E-state index contributed by atoms with van der Waals surface area (Å²) in [5.74, 6) is 2.34. The predicted molar refractivity (Wildman–Crippen MR) is 136 cm³/mol. The summed E-state index contributed by atoms with van der Waals surface area (Å²) in [5, 5.41) is 11.6. The van der Waals surface area contributed by atoms with Crippen LogP contribution in [0.3, 0.4) is 0 Å². The van der Waals surface area contributed by atoms with E-state index < -0.39 is 0 Å². The highest BCUT2D eigenvalue weighted by Gasteiger charge is 2.40. The molecule has 0 aromatic carbocycles. The zero-order valence-electron chi connectivity index (χ0n) is 21.0. The van der Waals surface area contributed by atoms with Crippen LogP contribution in [0.25, 0.3) is 11.5 Å². The lowest BCUT2D eigenvalue weighted by molar-refractivity contribution is -0.107. The smallest absolute Gasteiger partial charge is 0.215 e. The Morgan fingerprint density at radius 2 is 1.91 bits per heavy atom. The molecule has 9 nitrogen and oxygen atoms in total. The number of pyridine rings is 2. The van der Waals surface area contributed by atoms with Gasteiger partial charge in [-0.15, -0.1) is 10.2 Å². The Morgan fingerprint density at radius 3 is 2.57 bits per heavy atom. The number of hydrogen-bond acceptors (Lipinski definition) is 7. The number of hydrogen-bond donors (Lipinski definition) is 1. The third-order valence-corrected chi connectivity index (χ3v) is 7.32. The molecule has 0 spiro atoms. The number of amides is 1. The first-order valence-corrected chi connectivity index (χ1v) is 12.5. The number of rotatable bonds is 9. The molecule has 0 aliphatic carbocycles. The number of anilines is 2. The summed E-state index contributed by atoms with van der Waals surface area (Å²) >= 11 is 0. The molecule has 0 atom stereocenters. The lowest BCUT2D eigenvalue weighted by Gasteiger charge is -2.26. The van der Waals surface area contributed by atoms with Crippen LogP contribution in [0.1, 0.15) is 62.4 Å². The van der Waals surface area contributed by atoms with Crippen molar-refractivity contribution in [2.75, 3.05) is 16.8 Å². The molecule has 2 aliphatic rings. The van der Waals surface area contributed by atoms with Crippen molar-refractivity contribution < 1.29 is 4.79 Å². The Morgan fingerprint density at radius 1 is 1.17 bits per heavy atom. The number of nitrogens with one attached hydrogen (secondary N) is 1. The van der Waals surface area contributed by atoms with Crippen molar-refractivity contribution in [3.63, 3.8) is 0 Å². The number of aromatic nitrogens is 5.